The third kappa shape index (κ3) is 8.64. The maximum absolute atomic E-state index is 5.51. The summed E-state index contributed by atoms with van der Waals surface area (Å²) in [6.45, 7) is 0. The largest absolute Gasteiger partial charge is 0.385 e. The molecule has 0 atom stereocenters. The van der Waals surface area contributed by atoms with Crippen molar-refractivity contribution in [3.63, 3.8) is 0 Å². The van der Waals surface area contributed by atoms with Gasteiger partial charge in [0.05, 0.1) is 0 Å². The van der Waals surface area contributed by atoms with Crippen LogP contribution in [0.2, 0.25) is 0 Å². The van der Waals surface area contributed by atoms with Crippen LogP contribution in [-0.2, 0) is 0 Å². The summed E-state index contributed by atoms with van der Waals surface area (Å²) in [5.74, 6) is 0. The number of thioether (sulfide) groups is 4. The SMILES string of the molecule is NC(=S)SC(SC(N)=S)(SC(N)=S)SC(N)=S. The van der Waals surface area contributed by atoms with E-state index in [0.29, 0.717) is 0 Å². The van der Waals surface area contributed by atoms with E-state index in [4.69, 9.17) is 71.8 Å². The van der Waals surface area contributed by atoms with Crippen molar-refractivity contribution in [2.75, 3.05) is 0 Å². The van der Waals surface area contributed by atoms with Crippen molar-refractivity contribution >= 4 is 113 Å². The second kappa shape index (κ2) is 8.19. The van der Waals surface area contributed by atoms with Crippen LogP contribution in [0.5, 0.6) is 0 Å². The molecule has 8 N–H and O–H groups in total. The van der Waals surface area contributed by atoms with Crippen LogP contribution in [0.1, 0.15) is 0 Å². The van der Waals surface area contributed by atoms with Crippen LogP contribution in [0.3, 0.4) is 0 Å². The first kappa shape index (κ1) is 18.0. The predicted molar refractivity (Wildman–Crippen MR) is 100 cm³/mol. The molecule has 0 aliphatic heterocycles. The molecule has 0 bridgehead atoms. The first-order valence-corrected chi connectivity index (χ1v) is 8.50. The molecule has 0 heterocycles. The summed E-state index contributed by atoms with van der Waals surface area (Å²) in [7, 11) is 0. The Morgan fingerprint density at radius 1 is 0.588 bits per heavy atom. The molecular formula is C5H8N4S8. The van der Waals surface area contributed by atoms with E-state index in [9.17, 15) is 0 Å². The molecule has 0 saturated carbocycles. The van der Waals surface area contributed by atoms with Crippen LogP contribution < -0.4 is 22.9 Å². The number of nitrogens with two attached hydrogens (primary N) is 4. The zero-order chi connectivity index (χ0) is 13.6. The summed E-state index contributed by atoms with van der Waals surface area (Å²) < 4.78 is -0.0278. The minimum Gasteiger partial charge on any atom is -0.385 e. The van der Waals surface area contributed by atoms with Gasteiger partial charge in [-0.3, -0.25) is 0 Å². The lowest BCUT2D eigenvalue weighted by Gasteiger charge is -2.28. The number of hydrogen-bond donors (Lipinski definition) is 4. The van der Waals surface area contributed by atoms with E-state index in [1.807, 2.05) is 0 Å². The molecule has 0 aliphatic carbocycles. The summed E-state index contributed by atoms with van der Waals surface area (Å²) >= 11 is 23.9. The molecular weight excluding hydrogens is 373 g/mol. The van der Waals surface area contributed by atoms with Crippen molar-refractivity contribution in [2.24, 2.45) is 22.9 Å². The summed E-state index contributed by atoms with van der Waals surface area (Å²) in [5.41, 5.74) is 22.0. The van der Waals surface area contributed by atoms with Gasteiger partial charge in [0.2, 0.25) is 0 Å². The summed E-state index contributed by atoms with van der Waals surface area (Å²) in [6, 6.07) is 0. The molecule has 96 valence electrons. The van der Waals surface area contributed by atoms with E-state index in [1.165, 1.54) is 0 Å². The van der Waals surface area contributed by atoms with Crippen molar-refractivity contribution in [3.8, 4) is 0 Å². The molecule has 0 aromatic carbocycles. The van der Waals surface area contributed by atoms with Gasteiger partial charge in [-0.2, -0.15) is 0 Å². The van der Waals surface area contributed by atoms with Crippen molar-refractivity contribution in [2.45, 2.75) is 2.74 Å². The highest BCUT2D eigenvalue weighted by atomic mass is 32.3. The lowest BCUT2D eigenvalue weighted by atomic mass is 11.5. The third-order valence-electron chi connectivity index (χ3n) is 0.902. The average Bonchev–Trinajstić information content (AvgIpc) is 1.95. The predicted octanol–water partition coefficient (Wildman–Crippen LogP) is 1.50. The zero-order valence-corrected chi connectivity index (χ0v) is 14.6. The molecule has 0 aromatic heterocycles. The van der Waals surface area contributed by atoms with Crippen LogP contribution in [0.4, 0.5) is 0 Å². The Hall–Kier alpha value is 0.960. The molecule has 0 aromatic rings. The van der Waals surface area contributed by atoms with Crippen LogP contribution >= 0.6 is 95.9 Å². The maximum atomic E-state index is 5.51. The highest BCUT2D eigenvalue weighted by Gasteiger charge is 2.38. The first-order valence-electron chi connectivity index (χ1n) is 3.60. The monoisotopic (exact) mass is 380 g/mol. The molecule has 0 unspecified atom stereocenters. The highest BCUT2D eigenvalue weighted by Crippen LogP contribution is 2.55. The molecule has 0 fully saturated rings. The normalized spacial score (nSPS) is 10.8. The summed E-state index contributed by atoms with van der Waals surface area (Å²) in [4.78, 5) is 0. The van der Waals surface area contributed by atoms with Crippen molar-refractivity contribution in [1.29, 1.82) is 0 Å². The molecule has 0 spiro atoms. The topological polar surface area (TPSA) is 104 Å². The summed E-state index contributed by atoms with van der Waals surface area (Å²) in [6.07, 6.45) is 0. The first-order chi connectivity index (χ1) is 7.67. The van der Waals surface area contributed by atoms with Crippen molar-refractivity contribution in [1.82, 2.24) is 0 Å². The molecule has 17 heavy (non-hydrogen) atoms. The van der Waals surface area contributed by atoms with Crippen molar-refractivity contribution < 1.29 is 0 Å². The van der Waals surface area contributed by atoms with Gasteiger partial charge in [0.15, 0.2) is 2.74 Å². The fourth-order valence-electron chi connectivity index (χ4n) is 0.618. The van der Waals surface area contributed by atoms with Gasteiger partial charge in [0.1, 0.15) is 17.3 Å². The smallest absolute Gasteiger partial charge is 0.179 e. The number of rotatable bonds is 4. The Labute approximate surface area is 137 Å². The Bertz CT molecular complexity index is 284. The van der Waals surface area contributed by atoms with Crippen LogP contribution in [0.15, 0.2) is 0 Å². The lowest BCUT2D eigenvalue weighted by Crippen LogP contribution is -2.27. The van der Waals surface area contributed by atoms with E-state index in [0.717, 1.165) is 47.0 Å². The third-order valence-corrected chi connectivity index (χ3v) is 6.71. The molecule has 0 aliphatic rings. The quantitative estimate of drug-likeness (QED) is 0.419. The van der Waals surface area contributed by atoms with Gasteiger partial charge < -0.3 is 22.9 Å². The van der Waals surface area contributed by atoms with E-state index < -0.39 is 2.74 Å². The van der Waals surface area contributed by atoms with E-state index >= 15 is 0 Å². The van der Waals surface area contributed by atoms with Gasteiger partial charge in [-0.15, -0.1) is 0 Å². The van der Waals surface area contributed by atoms with Gasteiger partial charge in [0.25, 0.3) is 0 Å². The molecule has 4 nitrogen and oxygen atoms in total. The van der Waals surface area contributed by atoms with Gasteiger partial charge in [-0.1, -0.05) is 95.9 Å². The fourth-order valence-corrected chi connectivity index (χ4v) is 9.23. The Balaban J connectivity index is 5.16. The molecule has 0 rings (SSSR count). The van der Waals surface area contributed by atoms with Gasteiger partial charge in [0, 0.05) is 0 Å². The maximum Gasteiger partial charge on any atom is 0.179 e. The van der Waals surface area contributed by atoms with Gasteiger partial charge >= 0.3 is 0 Å². The minimum absolute atomic E-state index is 0.196. The molecule has 0 amide bonds. The van der Waals surface area contributed by atoms with Crippen LogP contribution in [0.25, 0.3) is 0 Å². The fraction of sp³-hybridized carbons (Fsp3) is 0.200. The second-order valence-corrected chi connectivity index (χ2v) is 11.6. The van der Waals surface area contributed by atoms with Crippen LogP contribution in [-0.4, -0.2) is 20.0 Å². The van der Waals surface area contributed by atoms with Crippen LogP contribution in [0, 0.1) is 0 Å². The van der Waals surface area contributed by atoms with E-state index in [-0.39, 0.29) is 17.3 Å². The van der Waals surface area contributed by atoms with Gasteiger partial charge in [-0.25, -0.2) is 0 Å². The Kier molecular flexibility index (Phi) is 8.66. The highest BCUT2D eigenvalue weighted by molar-refractivity contribution is 8.62. The van der Waals surface area contributed by atoms with E-state index in [2.05, 4.69) is 0 Å². The zero-order valence-electron chi connectivity index (χ0n) is 8.08. The average molecular weight is 381 g/mol. The Morgan fingerprint density at radius 3 is 0.882 bits per heavy atom. The second-order valence-electron chi connectivity index (χ2n) is 2.18. The molecule has 0 radical (unpaired) electrons. The number of hydrogen-bond acceptors (Lipinski definition) is 8. The lowest BCUT2D eigenvalue weighted by molar-refractivity contribution is 1.83. The molecule has 0 saturated heterocycles. The number of thiocarbonyl (C=S) groups is 4. The Morgan fingerprint density at radius 2 is 0.765 bits per heavy atom. The van der Waals surface area contributed by atoms with Crippen molar-refractivity contribution in [3.05, 3.63) is 0 Å². The van der Waals surface area contributed by atoms with E-state index in [1.54, 1.807) is 0 Å². The van der Waals surface area contributed by atoms with Gasteiger partial charge in [-0.05, 0) is 0 Å². The summed E-state index contributed by atoms with van der Waals surface area (Å²) in [5, 5.41) is 0. The molecule has 12 heteroatoms. The standard InChI is InChI=1S/C5H8N4S8/c6-1(10)14-5(15-2(7)11,16-3(8)12)17-4(9)13/h(H2,6,10)(H2,7,11)(H2,8,12)(H2,9,13). The minimum atomic E-state index is -0.810.